The van der Waals surface area contributed by atoms with E-state index in [9.17, 15) is 0 Å². The van der Waals surface area contributed by atoms with Crippen LogP contribution in [0.1, 0.15) is 0 Å². The SMILES string of the molecule is Clc1ccc2[nH]c3c(NNc4cccc5c4[nH]c4ccc(Cl)cc45)cccc3c2c1. The summed E-state index contributed by atoms with van der Waals surface area (Å²) in [7, 11) is 0. The minimum absolute atomic E-state index is 0.727. The molecule has 30 heavy (non-hydrogen) atoms. The van der Waals surface area contributed by atoms with E-state index in [1.165, 1.54) is 0 Å². The smallest absolute Gasteiger partial charge is 0.0781 e. The van der Waals surface area contributed by atoms with Gasteiger partial charge in [0.25, 0.3) is 0 Å². The van der Waals surface area contributed by atoms with Crippen LogP contribution in [0.15, 0.2) is 72.8 Å². The van der Waals surface area contributed by atoms with Crippen LogP contribution in [0.5, 0.6) is 0 Å². The van der Waals surface area contributed by atoms with Crippen LogP contribution in [0.3, 0.4) is 0 Å². The van der Waals surface area contributed by atoms with E-state index < -0.39 is 0 Å². The Morgan fingerprint density at radius 3 is 1.47 bits per heavy atom. The van der Waals surface area contributed by atoms with Gasteiger partial charge < -0.3 is 9.97 Å². The molecule has 0 aliphatic carbocycles. The highest BCUT2D eigenvalue weighted by molar-refractivity contribution is 6.32. The van der Waals surface area contributed by atoms with Crippen molar-refractivity contribution in [2.45, 2.75) is 0 Å². The van der Waals surface area contributed by atoms with E-state index in [4.69, 9.17) is 23.2 Å². The molecule has 0 aliphatic rings. The van der Waals surface area contributed by atoms with Crippen molar-refractivity contribution in [3.63, 3.8) is 0 Å². The van der Waals surface area contributed by atoms with Crippen molar-refractivity contribution in [1.82, 2.24) is 9.97 Å². The summed E-state index contributed by atoms with van der Waals surface area (Å²) in [5.74, 6) is 0. The zero-order valence-corrected chi connectivity index (χ0v) is 17.2. The molecule has 4 aromatic carbocycles. The molecule has 0 saturated heterocycles. The molecule has 0 aliphatic heterocycles. The van der Waals surface area contributed by atoms with Gasteiger partial charge in [-0.3, -0.25) is 10.9 Å². The molecule has 2 aromatic heterocycles. The van der Waals surface area contributed by atoms with Crippen molar-refractivity contribution < 1.29 is 0 Å². The quantitative estimate of drug-likeness (QED) is 0.217. The zero-order valence-electron chi connectivity index (χ0n) is 15.7. The molecule has 0 bridgehead atoms. The maximum absolute atomic E-state index is 6.20. The van der Waals surface area contributed by atoms with Crippen LogP contribution < -0.4 is 10.9 Å². The van der Waals surface area contributed by atoms with Gasteiger partial charge in [0.2, 0.25) is 0 Å². The molecule has 4 nitrogen and oxygen atoms in total. The monoisotopic (exact) mass is 430 g/mol. The van der Waals surface area contributed by atoms with Crippen molar-refractivity contribution in [2.75, 3.05) is 10.9 Å². The standard InChI is InChI=1S/C24H16Cl2N4/c25-13-7-9-19-17(11-13)15-3-1-5-21(23(15)27-19)29-30-22-6-2-4-16-18-12-14(26)8-10-20(18)28-24(16)22/h1-12,27-30H. The Hall–Kier alpha value is -3.34. The number of aromatic amines is 2. The average molecular weight is 431 g/mol. The van der Waals surface area contributed by atoms with Gasteiger partial charge in [-0.1, -0.05) is 47.5 Å². The van der Waals surface area contributed by atoms with E-state index >= 15 is 0 Å². The van der Waals surface area contributed by atoms with Gasteiger partial charge in [-0.25, -0.2) is 0 Å². The molecule has 6 rings (SSSR count). The molecule has 4 N–H and O–H groups in total. The number of para-hydroxylation sites is 2. The van der Waals surface area contributed by atoms with Crippen molar-refractivity contribution in [3.8, 4) is 0 Å². The van der Waals surface area contributed by atoms with E-state index in [1.54, 1.807) is 0 Å². The maximum Gasteiger partial charge on any atom is 0.0781 e. The van der Waals surface area contributed by atoms with E-state index in [0.29, 0.717) is 0 Å². The number of aromatic nitrogens is 2. The topological polar surface area (TPSA) is 55.6 Å². The van der Waals surface area contributed by atoms with Crippen LogP contribution in [-0.2, 0) is 0 Å². The number of hydrogen-bond donors (Lipinski definition) is 4. The van der Waals surface area contributed by atoms with Crippen molar-refractivity contribution >= 4 is 78.2 Å². The first kappa shape index (κ1) is 17.5. The Kier molecular flexibility index (Phi) is 3.85. The van der Waals surface area contributed by atoms with Crippen molar-refractivity contribution in [1.29, 1.82) is 0 Å². The number of anilines is 2. The van der Waals surface area contributed by atoms with Crippen LogP contribution >= 0.6 is 23.2 Å². The van der Waals surface area contributed by atoms with Crippen LogP contribution in [0.25, 0.3) is 43.6 Å². The molecule has 146 valence electrons. The Labute approximate surface area is 181 Å². The molecule has 0 spiro atoms. The lowest BCUT2D eigenvalue weighted by Crippen LogP contribution is -2.09. The normalized spacial score (nSPS) is 11.7. The average Bonchev–Trinajstić information content (AvgIpc) is 3.31. The maximum atomic E-state index is 6.20. The van der Waals surface area contributed by atoms with E-state index in [2.05, 4.69) is 33.0 Å². The number of fused-ring (bicyclic) bond motifs is 6. The van der Waals surface area contributed by atoms with Gasteiger partial charge in [0.05, 0.1) is 22.4 Å². The fourth-order valence-corrected chi connectivity index (χ4v) is 4.48. The molecule has 0 amide bonds. The molecule has 0 atom stereocenters. The minimum Gasteiger partial charge on any atom is -0.353 e. The van der Waals surface area contributed by atoms with Crippen LogP contribution in [-0.4, -0.2) is 9.97 Å². The van der Waals surface area contributed by atoms with Crippen LogP contribution in [0.2, 0.25) is 10.0 Å². The highest BCUT2D eigenvalue weighted by atomic mass is 35.5. The molecule has 2 heterocycles. The summed E-state index contributed by atoms with van der Waals surface area (Å²) in [4.78, 5) is 6.98. The molecule has 0 saturated carbocycles. The zero-order chi connectivity index (χ0) is 20.2. The Morgan fingerprint density at radius 2 is 1.00 bits per heavy atom. The van der Waals surface area contributed by atoms with Crippen LogP contribution in [0.4, 0.5) is 11.4 Å². The lowest BCUT2D eigenvalue weighted by molar-refractivity contribution is 1.41. The Morgan fingerprint density at radius 1 is 0.533 bits per heavy atom. The number of H-pyrrole nitrogens is 2. The Bertz CT molecular complexity index is 1460. The predicted molar refractivity (Wildman–Crippen MR) is 129 cm³/mol. The van der Waals surface area contributed by atoms with Gasteiger partial charge in [0.15, 0.2) is 0 Å². The lowest BCUT2D eigenvalue weighted by atomic mass is 10.1. The van der Waals surface area contributed by atoms with E-state index in [1.807, 2.05) is 60.7 Å². The summed E-state index contributed by atoms with van der Waals surface area (Å²) in [6.07, 6.45) is 0. The highest BCUT2D eigenvalue weighted by Crippen LogP contribution is 2.34. The van der Waals surface area contributed by atoms with Gasteiger partial charge >= 0.3 is 0 Å². The predicted octanol–water partition coefficient (Wildman–Crippen LogP) is 7.70. The third kappa shape index (κ3) is 2.69. The van der Waals surface area contributed by atoms with E-state index in [-0.39, 0.29) is 0 Å². The van der Waals surface area contributed by atoms with Gasteiger partial charge in [-0.05, 0) is 48.5 Å². The number of halogens is 2. The molecule has 0 fully saturated rings. The summed E-state index contributed by atoms with van der Waals surface area (Å²) in [5, 5.41) is 5.91. The third-order valence-corrected chi connectivity index (χ3v) is 5.99. The molecule has 0 unspecified atom stereocenters. The first-order valence-corrected chi connectivity index (χ1v) is 10.3. The molecule has 6 aromatic rings. The first-order chi connectivity index (χ1) is 14.7. The summed E-state index contributed by atoms with van der Waals surface area (Å²) < 4.78 is 0. The largest absolute Gasteiger partial charge is 0.353 e. The van der Waals surface area contributed by atoms with Gasteiger partial charge in [0.1, 0.15) is 0 Å². The second-order valence-electron chi connectivity index (χ2n) is 7.34. The summed E-state index contributed by atoms with van der Waals surface area (Å²) >= 11 is 12.4. The van der Waals surface area contributed by atoms with E-state index in [0.717, 1.165) is 65.0 Å². The first-order valence-electron chi connectivity index (χ1n) is 9.59. The van der Waals surface area contributed by atoms with Crippen LogP contribution in [0, 0.1) is 0 Å². The highest BCUT2D eigenvalue weighted by Gasteiger charge is 2.11. The lowest BCUT2D eigenvalue weighted by Gasteiger charge is -2.11. The molecule has 6 heteroatoms. The molecular formula is C24H16Cl2N4. The summed E-state index contributed by atoms with van der Waals surface area (Å²) in [6, 6.07) is 24.1. The number of hydrogen-bond acceptors (Lipinski definition) is 2. The fourth-order valence-electron chi connectivity index (χ4n) is 4.13. The molecule has 0 radical (unpaired) electrons. The summed E-state index contributed by atoms with van der Waals surface area (Å²) in [6.45, 7) is 0. The summed E-state index contributed by atoms with van der Waals surface area (Å²) in [5.41, 5.74) is 12.8. The molecular weight excluding hydrogens is 415 g/mol. The van der Waals surface area contributed by atoms with Gasteiger partial charge in [-0.2, -0.15) is 0 Å². The second-order valence-corrected chi connectivity index (χ2v) is 8.21. The Balaban J connectivity index is 1.42. The third-order valence-electron chi connectivity index (χ3n) is 5.52. The number of rotatable bonds is 3. The van der Waals surface area contributed by atoms with Crippen molar-refractivity contribution in [2.24, 2.45) is 0 Å². The van der Waals surface area contributed by atoms with Gasteiger partial charge in [0, 0.05) is 42.6 Å². The van der Waals surface area contributed by atoms with Gasteiger partial charge in [-0.15, -0.1) is 0 Å². The number of hydrazine groups is 1. The fraction of sp³-hybridized carbons (Fsp3) is 0. The second kappa shape index (κ2) is 6.59. The minimum atomic E-state index is 0.727. The number of nitrogens with one attached hydrogen (secondary N) is 4. The van der Waals surface area contributed by atoms with Crippen molar-refractivity contribution in [3.05, 3.63) is 82.8 Å². The number of benzene rings is 4.